The third kappa shape index (κ3) is 2.19. The molecule has 0 N–H and O–H groups in total. The highest BCUT2D eigenvalue weighted by Gasteiger charge is 2.46. The summed E-state index contributed by atoms with van der Waals surface area (Å²) in [4.78, 5) is 28.0. The lowest BCUT2D eigenvalue weighted by Crippen LogP contribution is -2.62. The summed E-state index contributed by atoms with van der Waals surface area (Å²) in [6, 6.07) is 1.57. The Morgan fingerprint density at radius 2 is 1.81 bits per heavy atom. The van der Waals surface area contributed by atoms with Crippen molar-refractivity contribution in [2.24, 2.45) is 0 Å². The number of halogens is 3. The van der Waals surface area contributed by atoms with E-state index in [1.54, 1.807) is 11.8 Å². The fourth-order valence-electron chi connectivity index (χ4n) is 3.02. The van der Waals surface area contributed by atoms with Gasteiger partial charge in [-0.1, -0.05) is 23.2 Å². The van der Waals surface area contributed by atoms with Crippen molar-refractivity contribution in [3.8, 4) is 0 Å². The first-order valence-electron chi connectivity index (χ1n) is 6.70. The molecule has 7 heteroatoms. The molecule has 0 aliphatic carbocycles. The number of piperazine rings is 1. The van der Waals surface area contributed by atoms with Gasteiger partial charge in [-0.05, 0) is 31.9 Å². The van der Waals surface area contributed by atoms with Gasteiger partial charge in [-0.2, -0.15) is 0 Å². The van der Waals surface area contributed by atoms with Gasteiger partial charge in [-0.25, -0.2) is 4.39 Å². The first-order valence-corrected chi connectivity index (χ1v) is 7.45. The van der Waals surface area contributed by atoms with Crippen LogP contribution in [0, 0.1) is 5.82 Å². The third-order valence-corrected chi connectivity index (χ3v) is 4.60. The Kier molecular flexibility index (Phi) is 3.58. The second-order valence-corrected chi connectivity index (χ2v) is 6.11. The minimum absolute atomic E-state index is 0.103. The van der Waals surface area contributed by atoms with E-state index in [0.717, 1.165) is 6.42 Å². The molecule has 2 unspecified atom stereocenters. The molecule has 21 heavy (non-hydrogen) atoms. The molecule has 4 nitrogen and oxygen atoms in total. The topological polar surface area (TPSA) is 40.6 Å². The van der Waals surface area contributed by atoms with Crippen LogP contribution in [0.25, 0.3) is 0 Å². The molecule has 1 aromatic carbocycles. The van der Waals surface area contributed by atoms with Crippen molar-refractivity contribution >= 4 is 40.7 Å². The number of carbonyl (C=O) groups is 2. The molecular formula is C14H13Cl2FN2O2. The van der Waals surface area contributed by atoms with E-state index in [9.17, 15) is 14.0 Å². The van der Waals surface area contributed by atoms with Gasteiger partial charge >= 0.3 is 0 Å². The maximum absolute atomic E-state index is 13.5. The Labute approximate surface area is 131 Å². The van der Waals surface area contributed by atoms with Crippen LogP contribution in [0.5, 0.6) is 0 Å². The number of rotatable bonds is 1. The van der Waals surface area contributed by atoms with Gasteiger partial charge < -0.3 is 4.90 Å². The summed E-state index contributed by atoms with van der Waals surface area (Å²) in [5.41, 5.74) is 0.351. The van der Waals surface area contributed by atoms with Gasteiger partial charge in [0, 0.05) is 12.2 Å². The normalized spacial score (nSPS) is 25.5. The summed E-state index contributed by atoms with van der Waals surface area (Å²) in [5, 5.41) is -0.336. The van der Waals surface area contributed by atoms with Gasteiger partial charge in [-0.15, -0.1) is 0 Å². The average Bonchev–Trinajstić information content (AvgIpc) is 2.92. The van der Waals surface area contributed by atoms with Crippen LogP contribution in [0.4, 0.5) is 10.1 Å². The van der Waals surface area contributed by atoms with E-state index in [4.69, 9.17) is 23.2 Å². The van der Waals surface area contributed by atoms with E-state index in [1.807, 2.05) is 0 Å². The lowest BCUT2D eigenvalue weighted by molar-refractivity contribution is -0.143. The predicted molar refractivity (Wildman–Crippen MR) is 78.1 cm³/mol. The first-order chi connectivity index (χ1) is 9.91. The SMILES string of the molecule is CC1C(=O)N2CCCC2C(=O)N1c1cc(Cl)c(F)c(Cl)c1. The summed E-state index contributed by atoms with van der Waals surface area (Å²) in [5.74, 6) is -1.000. The molecule has 2 amide bonds. The van der Waals surface area contributed by atoms with Crippen molar-refractivity contribution in [2.75, 3.05) is 11.4 Å². The average molecular weight is 331 g/mol. The second-order valence-electron chi connectivity index (χ2n) is 5.30. The Bertz CT molecular complexity index is 614. The molecule has 1 aromatic rings. The fourth-order valence-corrected chi connectivity index (χ4v) is 3.50. The fraction of sp³-hybridized carbons (Fsp3) is 0.429. The van der Waals surface area contributed by atoms with Crippen molar-refractivity contribution in [1.82, 2.24) is 4.90 Å². The van der Waals surface area contributed by atoms with Crippen LogP contribution < -0.4 is 4.90 Å². The molecule has 2 aliphatic rings. The lowest BCUT2D eigenvalue weighted by atomic mass is 10.1. The van der Waals surface area contributed by atoms with Gasteiger partial charge in [0.05, 0.1) is 10.0 Å². The van der Waals surface area contributed by atoms with Crippen molar-refractivity contribution in [1.29, 1.82) is 0 Å². The third-order valence-electron chi connectivity index (χ3n) is 4.05. The largest absolute Gasteiger partial charge is 0.329 e. The Balaban J connectivity index is 2.04. The molecule has 0 spiro atoms. The molecule has 2 aliphatic heterocycles. The molecule has 0 saturated carbocycles. The van der Waals surface area contributed by atoms with Crippen LogP contribution in [0.1, 0.15) is 19.8 Å². The number of hydrogen-bond donors (Lipinski definition) is 0. The summed E-state index contributed by atoms with van der Waals surface area (Å²) >= 11 is 11.6. The van der Waals surface area contributed by atoms with Crippen LogP contribution in [0.2, 0.25) is 10.0 Å². The van der Waals surface area contributed by atoms with Crippen LogP contribution in [0.3, 0.4) is 0 Å². The van der Waals surface area contributed by atoms with Crippen molar-refractivity contribution in [3.05, 3.63) is 28.0 Å². The number of benzene rings is 1. The summed E-state index contributed by atoms with van der Waals surface area (Å²) < 4.78 is 13.5. The van der Waals surface area contributed by atoms with Gasteiger partial charge in [-0.3, -0.25) is 14.5 Å². The Morgan fingerprint density at radius 1 is 1.19 bits per heavy atom. The molecule has 0 aromatic heterocycles. The van der Waals surface area contributed by atoms with Crippen LogP contribution in [-0.4, -0.2) is 35.3 Å². The zero-order valence-electron chi connectivity index (χ0n) is 11.3. The number of amides is 2. The summed E-state index contributed by atoms with van der Waals surface area (Å²) in [6.45, 7) is 2.26. The minimum atomic E-state index is -0.729. The quantitative estimate of drug-likeness (QED) is 0.743. The van der Waals surface area contributed by atoms with Crippen LogP contribution in [-0.2, 0) is 9.59 Å². The van der Waals surface area contributed by atoms with Gasteiger partial charge in [0.2, 0.25) is 5.91 Å². The highest BCUT2D eigenvalue weighted by molar-refractivity contribution is 6.35. The molecule has 2 saturated heterocycles. The van der Waals surface area contributed by atoms with E-state index in [0.29, 0.717) is 18.7 Å². The molecular weight excluding hydrogens is 318 g/mol. The Morgan fingerprint density at radius 3 is 2.43 bits per heavy atom. The number of anilines is 1. The summed E-state index contributed by atoms with van der Waals surface area (Å²) in [7, 11) is 0. The maximum Gasteiger partial charge on any atom is 0.250 e. The number of hydrogen-bond acceptors (Lipinski definition) is 2. The lowest BCUT2D eigenvalue weighted by Gasteiger charge is -2.41. The number of fused-ring (bicyclic) bond motifs is 1. The standard InChI is InChI=1S/C14H13Cl2FN2O2/c1-7-13(20)18-4-2-3-11(18)14(21)19(7)8-5-9(15)12(17)10(16)6-8/h5-7,11H,2-4H2,1H3. The van der Waals surface area contributed by atoms with Gasteiger partial charge in [0.15, 0.2) is 5.82 Å². The zero-order chi connectivity index (χ0) is 15.3. The predicted octanol–water partition coefficient (Wildman–Crippen LogP) is 2.86. The molecule has 2 atom stereocenters. The van der Waals surface area contributed by atoms with Crippen LogP contribution in [0.15, 0.2) is 12.1 Å². The van der Waals surface area contributed by atoms with Crippen molar-refractivity contribution < 1.29 is 14.0 Å². The molecule has 0 bridgehead atoms. The minimum Gasteiger partial charge on any atom is -0.329 e. The number of carbonyl (C=O) groups excluding carboxylic acids is 2. The molecule has 2 heterocycles. The Hall–Kier alpha value is -1.33. The highest BCUT2D eigenvalue weighted by atomic mass is 35.5. The molecule has 2 fully saturated rings. The second kappa shape index (κ2) is 5.14. The first kappa shape index (κ1) is 14.6. The molecule has 112 valence electrons. The van der Waals surface area contributed by atoms with E-state index in [1.165, 1.54) is 17.0 Å². The van der Waals surface area contributed by atoms with E-state index in [2.05, 4.69) is 0 Å². The van der Waals surface area contributed by atoms with Gasteiger partial charge in [0.1, 0.15) is 12.1 Å². The number of nitrogens with zero attached hydrogens (tertiary/aromatic N) is 2. The van der Waals surface area contributed by atoms with E-state index in [-0.39, 0.29) is 21.9 Å². The smallest absolute Gasteiger partial charge is 0.250 e. The van der Waals surface area contributed by atoms with Gasteiger partial charge in [0.25, 0.3) is 5.91 Å². The van der Waals surface area contributed by atoms with Crippen molar-refractivity contribution in [2.45, 2.75) is 31.8 Å². The monoisotopic (exact) mass is 330 g/mol. The van der Waals surface area contributed by atoms with Crippen LogP contribution >= 0.6 is 23.2 Å². The molecule has 3 rings (SSSR count). The zero-order valence-corrected chi connectivity index (χ0v) is 12.8. The van der Waals surface area contributed by atoms with E-state index < -0.39 is 17.9 Å². The van der Waals surface area contributed by atoms with Crippen molar-refractivity contribution in [3.63, 3.8) is 0 Å². The van der Waals surface area contributed by atoms with E-state index >= 15 is 0 Å². The molecule has 0 radical (unpaired) electrons. The summed E-state index contributed by atoms with van der Waals surface area (Å²) in [6.07, 6.45) is 1.46. The maximum atomic E-state index is 13.5. The highest BCUT2D eigenvalue weighted by Crippen LogP contribution is 2.34.